The Bertz CT molecular complexity index is 1070. The van der Waals surface area contributed by atoms with Gasteiger partial charge in [-0.05, 0) is 61.2 Å². The summed E-state index contributed by atoms with van der Waals surface area (Å²) in [6, 6.07) is 12.1. The molecule has 0 radical (unpaired) electrons. The van der Waals surface area contributed by atoms with E-state index in [4.69, 9.17) is 11.6 Å². The lowest BCUT2D eigenvalue weighted by molar-refractivity contribution is -0.121. The van der Waals surface area contributed by atoms with E-state index in [9.17, 15) is 18.0 Å². The SMILES string of the molecule is CC(=O)N1c2ccc(S(=O)(=O)NCCC(=O)NCCc3ccc(Cl)cc3)cc2C[C@@H]1C. The number of hydrogen-bond acceptors (Lipinski definition) is 4. The molecule has 0 bridgehead atoms. The van der Waals surface area contributed by atoms with Gasteiger partial charge in [0.15, 0.2) is 0 Å². The molecule has 0 saturated carbocycles. The van der Waals surface area contributed by atoms with E-state index in [0.29, 0.717) is 24.4 Å². The van der Waals surface area contributed by atoms with Gasteiger partial charge in [0, 0.05) is 43.2 Å². The van der Waals surface area contributed by atoms with Gasteiger partial charge in [-0.15, -0.1) is 0 Å². The molecule has 2 amide bonds. The molecule has 0 saturated heterocycles. The van der Waals surface area contributed by atoms with Crippen LogP contribution < -0.4 is 14.9 Å². The molecular formula is C22H26ClN3O4S. The average Bonchev–Trinajstić information content (AvgIpc) is 3.04. The minimum atomic E-state index is -3.75. The van der Waals surface area contributed by atoms with Crippen LogP contribution in [-0.4, -0.2) is 39.4 Å². The van der Waals surface area contributed by atoms with Crippen molar-refractivity contribution < 1.29 is 18.0 Å². The fourth-order valence-electron chi connectivity index (χ4n) is 3.72. The molecule has 3 rings (SSSR count). The molecule has 1 heterocycles. The second kappa shape index (κ2) is 9.80. The van der Waals surface area contributed by atoms with E-state index >= 15 is 0 Å². The lowest BCUT2D eigenvalue weighted by Crippen LogP contribution is -2.33. The van der Waals surface area contributed by atoms with Crippen LogP contribution >= 0.6 is 11.6 Å². The number of carbonyl (C=O) groups is 2. The minimum Gasteiger partial charge on any atom is -0.356 e. The number of rotatable bonds is 8. The fraction of sp³-hybridized carbons (Fsp3) is 0.364. The molecule has 166 valence electrons. The summed E-state index contributed by atoms with van der Waals surface area (Å²) < 4.78 is 27.7. The predicted octanol–water partition coefficient (Wildman–Crippen LogP) is 2.66. The van der Waals surface area contributed by atoms with Gasteiger partial charge in [-0.2, -0.15) is 0 Å². The van der Waals surface area contributed by atoms with Crippen molar-refractivity contribution in [2.75, 3.05) is 18.0 Å². The zero-order valence-corrected chi connectivity index (χ0v) is 19.1. The third-order valence-electron chi connectivity index (χ3n) is 5.21. The molecule has 0 aliphatic carbocycles. The molecule has 2 aromatic rings. The molecule has 1 atom stereocenters. The minimum absolute atomic E-state index is 0.00215. The second-order valence-electron chi connectivity index (χ2n) is 7.61. The number of anilines is 1. The number of hydrogen-bond donors (Lipinski definition) is 2. The molecule has 0 fully saturated rings. The molecule has 0 aromatic heterocycles. The van der Waals surface area contributed by atoms with E-state index in [1.54, 1.807) is 29.2 Å². The molecule has 0 spiro atoms. The normalized spacial score (nSPS) is 15.6. The smallest absolute Gasteiger partial charge is 0.240 e. The Morgan fingerprint density at radius 3 is 2.52 bits per heavy atom. The van der Waals surface area contributed by atoms with E-state index in [1.807, 2.05) is 19.1 Å². The molecular weight excluding hydrogens is 438 g/mol. The summed E-state index contributed by atoms with van der Waals surface area (Å²) in [4.78, 5) is 25.6. The van der Waals surface area contributed by atoms with Crippen molar-refractivity contribution in [3.63, 3.8) is 0 Å². The van der Waals surface area contributed by atoms with Gasteiger partial charge in [0.05, 0.1) is 4.90 Å². The highest BCUT2D eigenvalue weighted by atomic mass is 35.5. The summed E-state index contributed by atoms with van der Waals surface area (Å²) in [5, 5.41) is 3.44. The summed E-state index contributed by atoms with van der Waals surface area (Å²) in [6.45, 7) is 3.89. The number of amides is 2. The summed E-state index contributed by atoms with van der Waals surface area (Å²) in [5.74, 6) is -0.293. The first-order chi connectivity index (χ1) is 14.7. The van der Waals surface area contributed by atoms with Crippen molar-refractivity contribution in [3.05, 3.63) is 58.6 Å². The first-order valence-electron chi connectivity index (χ1n) is 10.1. The van der Waals surface area contributed by atoms with Crippen molar-refractivity contribution in [1.82, 2.24) is 10.0 Å². The quantitative estimate of drug-likeness (QED) is 0.629. The number of fused-ring (bicyclic) bond motifs is 1. The first kappa shape index (κ1) is 23.2. The molecule has 7 nitrogen and oxygen atoms in total. The Balaban J connectivity index is 1.49. The van der Waals surface area contributed by atoms with Crippen molar-refractivity contribution in [1.29, 1.82) is 0 Å². The zero-order valence-electron chi connectivity index (χ0n) is 17.5. The molecule has 31 heavy (non-hydrogen) atoms. The van der Waals surface area contributed by atoms with Gasteiger partial charge in [-0.3, -0.25) is 9.59 Å². The lowest BCUT2D eigenvalue weighted by Gasteiger charge is -2.20. The van der Waals surface area contributed by atoms with Crippen LogP contribution in [0.25, 0.3) is 0 Å². The number of nitrogens with one attached hydrogen (secondary N) is 2. The van der Waals surface area contributed by atoms with Crippen LogP contribution in [0.3, 0.4) is 0 Å². The van der Waals surface area contributed by atoms with E-state index in [-0.39, 0.29) is 35.7 Å². The molecule has 2 N–H and O–H groups in total. The third kappa shape index (κ3) is 5.84. The monoisotopic (exact) mass is 463 g/mol. The average molecular weight is 464 g/mol. The second-order valence-corrected chi connectivity index (χ2v) is 9.81. The topological polar surface area (TPSA) is 95.6 Å². The third-order valence-corrected chi connectivity index (χ3v) is 6.92. The Hall–Kier alpha value is -2.42. The van der Waals surface area contributed by atoms with Gasteiger partial charge in [0.25, 0.3) is 0 Å². The van der Waals surface area contributed by atoms with Gasteiger partial charge >= 0.3 is 0 Å². The Morgan fingerprint density at radius 1 is 1.13 bits per heavy atom. The molecule has 1 aliphatic rings. The number of sulfonamides is 1. The molecule has 9 heteroatoms. The zero-order chi connectivity index (χ0) is 22.6. The van der Waals surface area contributed by atoms with Crippen LogP contribution in [0.1, 0.15) is 31.4 Å². The number of halogens is 1. The van der Waals surface area contributed by atoms with Crippen molar-refractivity contribution in [2.24, 2.45) is 0 Å². The summed E-state index contributed by atoms with van der Waals surface area (Å²) in [7, 11) is -3.75. The maximum Gasteiger partial charge on any atom is 0.240 e. The van der Waals surface area contributed by atoms with E-state index in [2.05, 4.69) is 10.0 Å². The Kier molecular flexibility index (Phi) is 7.35. The maximum atomic E-state index is 12.6. The van der Waals surface area contributed by atoms with Gasteiger partial charge in [0.1, 0.15) is 0 Å². The highest BCUT2D eigenvalue weighted by Crippen LogP contribution is 2.33. The van der Waals surface area contributed by atoms with E-state index in [1.165, 1.54) is 13.0 Å². The van der Waals surface area contributed by atoms with Crippen LogP contribution in [0.5, 0.6) is 0 Å². The van der Waals surface area contributed by atoms with Crippen molar-refractivity contribution >= 4 is 39.1 Å². The molecule has 1 aliphatic heterocycles. The summed E-state index contributed by atoms with van der Waals surface area (Å²) >= 11 is 5.85. The first-order valence-corrected chi connectivity index (χ1v) is 12.0. The van der Waals surface area contributed by atoms with Crippen molar-refractivity contribution in [2.45, 2.75) is 44.0 Å². The van der Waals surface area contributed by atoms with Crippen molar-refractivity contribution in [3.8, 4) is 0 Å². The van der Waals surface area contributed by atoms with Crippen LogP contribution in [0.2, 0.25) is 5.02 Å². The van der Waals surface area contributed by atoms with E-state index in [0.717, 1.165) is 16.8 Å². The van der Waals surface area contributed by atoms with Crippen LogP contribution in [0, 0.1) is 0 Å². The van der Waals surface area contributed by atoms with Crippen LogP contribution in [0.4, 0.5) is 5.69 Å². The number of carbonyl (C=O) groups excluding carboxylic acids is 2. The fourth-order valence-corrected chi connectivity index (χ4v) is 4.93. The predicted molar refractivity (Wildman–Crippen MR) is 121 cm³/mol. The van der Waals surface area contributed by atoms with Crippen LogP contribution in [0.15, 0.2) is 47.4 Å². The Labute approximate surface area is 187 Å². The van der Waals surface area contributed by atoms with Gasteiger partial charge in [0.2, 0.25) is 21.8 Å². The number of nitrogens with zero attached hydrogens (tertiary/aromatic N) is 1. The van der Waals surface area contributed by atoms with Gasteiger partial charge in [-0.1, -0.05) is 23.7 Å². The number of benzene rings is 2. The summed E-state index contributed by atoms with van der Waals surface area (Å²) in [6.07, 6.45) is 1.31. The molecule has 0 unspecified atom stereocenters. The standard InChI is InChI=1S/C22H26ClN3O4S/c1-15-13-18-14-20(7-8-21(18)26(15)16(2)27)31(29,30)25-12-10-22(28)24-11-9-17-3-5-19(23)6-4-17/h3-8,14-15,25H,9-13H2,1-2H3,(H,24,28)/t15-/m0/s1. The lowest BCUT2D eigenvalue weighted by atomic mass is 10.1. The summed E-state index contributed by atoms with van der Waals surface area (Å²) in [5.41, 5.74) is 2.63. The van der Waals surface area contributed by atoms with E-state index < -0.39 is 10.0 Å². The Morgan fingerprint density at radius 2 is 1.84 bits per heavy atom. The van der Waals surface area contributed by atoms with Crippen LogP contribution in [-0.2, 0) is 32.5 Å². The van der Waals surface area contributed by atoms with Gasteiger partial charge < -0.3 is 10.2 Å². The molecule has 2 aromatic carbocycles. The maximum absolute atomic E-state index is 12.6. The highest BCUT2D eigenvalue weighted by Gasteiger charge is 2.30. The largest absolute Gasteiger partial charge is 0.356 e. The van der Waals surface area contributed by atoms with Gasteiger partial charge in [-0.25, -0.2) is 13.1 Å². The highest BCUT2D eigenvalue weighted by molar-refractivity contribution is 7.89.